The maximum atomic E-state index is 12.9. The molecule has 2 aromatic carbocycles. The van der Waals surface area contributed by atoms with E-state index < -0.39 is 15.9 Å². The van der Waals surface area contributed by atoms with Gasteiger partial charge < -0.3 is 10.1 Å². The lowest BCUT2D eigenvalue weighted by Crippen LogP contribution is -2.26. The Bertz CT molecular complexity index is 1120. The van der Waals surface area contributed by atoms with Crippen LogP contribution >= 0.6 is 11.6 Å². The lowest BCUT2D eigenvalue weighted by atomic mass is 10.2. The van der Waals surface area contributed by atoms with Crippen molar-refractivity contribution >= 4 is 38.9 Å². The summed E-state index contributed by atoms with van der Waals surface area (Å²) in [5, 5.41) is 2.81. The molecule has 9 heteroatoms. The van der Waals surface area contributed by atoms with E-state index in [4.69, 9.17) is 16.3 Å². The largest absolute Gasteiger partial charge is 0.497 e. The third kappa shape index (κ3) is 4.49. The number of ether oxygens (including phenoxy) is 1. The number of sulfonamides is 1. The summed E-state index contributed by atoms with van der Waals surface area (Å²) in [6, 6.07) is 13.9. The summed E-state index contributed by atoms with van der Waals surface area (Å²) in [5.41, 5.74) is 1.06. The molecule has 3 rings (SSSR count). The first-order valence-corrected chi connectivity index (χ1v) is 10.3. The molecular formula is C20H18ClN3O4S. The summed E-state index contributed by atoms with van der Waals surface area (Å²) in [6.45, 7) is 0. The second-order valence-electron chi connectivity index (χ2n) is 6.01. The van der Waals surface area contributed by atoms with Crippen molar-refractivity contribution in [2.75, 3.05) is 23.8 Å². The van der Waals surface area contributed by atoms with Crippen LogP contribution in [-0.2, 0) is 10.0 Å². The van der Waals surface area contributed by atoms with Gasteiger partial charge in [0.05, 0.1) is 40.2 Å². The highest BCUT2D eigenvalue weighted by Crippen LogP contribution is 2.28. The Morgan fingerprint density at radius 1 is 1.14 bits per heavy atom. The normalized spacial score (nSPS) is 11.0. The lowest BCUT2D eigenvalue weighted by Gasteiger charge is -2.20. The van der Waals surface area contributed by atoms with Crippen LogP contribution in [0.3, 0.4) is 0 Å². The number of anilines is 2. The molecule has 1 aromatic heterocycles. The molecule has 0 aliphatic carbocycles. The highest BCUT2D eigenvalue weighted by molar-refractivity contribution is 7.92. The van der Waals surface area contributed by atoms with Crippen molar-refractivity contribution in [2.24, 2.45) is 0 Å². The minimum absolute atomic E-state index is 0.107. The predicted molar refractivity (Wildman–Crippen MR) is 112 cm³/mol. The second kappa shape index (κ2) is 8.50. The number of carbonyl (C=O) groups is 1. The number of carbonyl (C=O) groups excluding carboxylic acids is 1. The molecule has 0 bridgehead atoms. The van der Waals surface area contributed by atoms with E-state index in [1.54, 1.807) is 30.5 Å². The minimum Gasteiger partial charge on any atom is -0.497 e. The number of nitrogens with zero attached hydrogens (tertiary/aromatic N) is 2. The second-order valence-corrected chi connectivity index (χ2v) is 8.38. The van der Waals surface area contributed by atoms with Crippen LogP contribution in [0.25, 0.3) is 0 Å². The molecule has 1 N–H and O–H groups in total. The number of amides is 1. The molecule has 0 spiro atoms. The van der Waals surface area contributed by atoms with Gasteiger partial charge >= 0.3 is 0 Å². The first-order valence-electron chi connectivity index (χ1n) is 8.47. The number of methoxy groups -OCH3 is 1. The van der Waals surface area contributed by atoms with E-state index in [2.05, 4.69) is 10.3 Å². The summed E-state index contributed by atoms with van der Waals surface area (Å²) >= 11 is 6.26. The van der Waals surface area contributed by atoms with Crippen LogP contribution in [0.1, 0.15) is 10.4 Å². The van der Waals surface area contributed by atoms with Crippen LogP contribution in [0.4, 0.5) is 11.4 Å². The van der Waals surface area contributed by atoms with Gasteiger partial charge in [0.15, 0.2) is 0 Å². The quantitative estimate of drug-likeness (QED) is 0.640. The van der Waals surface area contributed by atoms with Gasteiger partial charge in [0.2, 0.25) is 0 Å². The van der Waals surface area contributed by atoms with E-state index >= 15 is 0 Å². The smallest absolute Gasteiger partial charge is 0.264 e. The van der Waals surface area contributed by atoms with E-state index in [0.29, 0.717) is 17.1 Å². The van der Waals surface area contributed by atoms with E-state index in [-0.39, 0.29) is 15.5 Å². The molecule has 1 amide bonds. The lowest BCUT2D eigenvalue weighted by molar-refractivity contribution is 0.102. The maximum Gasteiger partial charge on any atom is 0.264 e. The van der Waals surface area contributed by atoms with Crippen molar-refractivity contribution in [1.82, 2.24) is 4.98 Å². The SMILES string of the molecule is COc1ccc(S(=O)(=O)N(C)c2ccc(C(=O)Nc3cccnc3)c(Cl)c2)cc1. The predicted octanol–water partition coefficient (Wildman–Crippen LogP) is 3.82. The van der Waals surface area contributed by atoms with Gasteiger partial charge in [0.25, 0.3) is 15.9 Å². The van der Waals surface area contributed by atoms with Crippen molar-refractivity contribution in [3.8, 4) is 5.75 Å². The summed E-state index contributed by atoms with van der Waals surface area (Å²) in [7, 11) is -0.884. The molecule has 29 heavy (non-hydrogen) atoms. The van der Waals surface area contributed by atoms with E-state index in [9.17, 15) is 13.2 Å². The third-order valence-corrected chi connectivity index (χ3v) is 6.31. The highest BCUT2D eigenvalue weighted by atomic mass is 35.5. The van der Waals surface area contributed by atoms with Crippen molar-refractivity contribution in [3.05, 3.63) is 77.6 Å². The fourth-order valence-corrected chi connectivity index (χ4v) is 4.01. The topological polar surface area (TPSA) is 88.6 Å². The summed E-state index contributed by atoms with van der Waals surface area (Å²) in [5.74, 6) is 0.133. The monoisotopic (exact) mass is 431 g/mol. The van der Waals surface area contributed by atoms with Crippen LogP contribution < -0.4 is 14.4 Å². The number of pyridine rings is 1. The van der Waals surface area contributed by atoms with Crippen LogP contribution in [0.5, 0.6) is 5.75 Å². The molecule has 150 valence electrons. The van der Waals surface area contributed by atoms with Gasteiger partial charge in [0.1, 0.15) is 5.75 Å². The molecular weight excluding hydrogens is 414 g/mol. The number of rotatable bonds is 6. The molecule has 0 fully saturated rings. The van der Waals surface area contributed by atoms with Gasteiger partial charge in [-0.1, -0.05) is 11.6 Å². The van der Waals surface area contributed by atoms with Crippen molar-refractivity contribution < 1.29 is 17.9 Å². The average Bonchev–Trinajstić information content (AvgIpc) is 2.73. The maximum absolute atomic E-state index is 12.9. The zero-order valence-corrected chi connectivity index (χ0v) is 17.2. The van der Waals surface area contributed by atoms with Gasteiger partial charge in [-0.25, -0.2) is 8.42 Å². The zero-order valence-electron chi connectivity index (χ0n) is 15.7. The fraction of sp³-hybridized carbons (Fsp3) is 0.100. The van der Waals surface area contributed by atoms with Crippen LogP contribution in [0.2, 0.25) is 5.02 Å². The number of nitrogens with one attached hydrogen (secondary N) is 1. The standard InChI is InChI=1S/C20H18ClN3O4S/c1-24(29(26,27)17-8-6-16(28-2)7-9-17)15-5-10-18(19(21)12-15)20(25)23-14-4-3-11-22-13-14/h3-13H,1-2H3,(H,23,25). The number of hydrogen-bond acceptors (Lipinski definition) is 5. The Hall–Kier alpha value is -3.10. The van der Waals surface area contributed by atoms with Crippen molar-refractivity contribution in [3.63, 3.8) is 0 Å². The van der Waals surface area contributed by atoms with Gasteiger partial charge in [-0.2, -0.15) is 0 Å². The van der Waals surface area contributed by atoms with Crippen molar-refractivity contribution in [1.29, 1.82) is 0 Å². The van der Waals surface area contributed by atoms with Gasteiger partial charge in [-0.05, 0) is 54.6 Å². The minimum atomic E-state index is -3.81. The van der Waals surface area contributed by atoms with E-state index in [1.165, 1.54) is 50.7 Å². The van der Waals surface area contributed by atoms with Crippen molar-refractivity contribution in [2.45, 2.75) is 4.90 Å². The Morgan fingerprint density at radius 3 is 2.45 bits per heavy atom. The zero-order chi connectivity index (χ0) is 21.0. The summed E-state index contributed by atoms with van der Waals surface area (Å²) in [4.78, 5) is 16.5. The van der Waals surface area contributed by atoms with Gasteiger partial charge in [-0.3, -0.25) is 14.1 Å². The summed E-state index contributed by atoms with van der Waals surface area (Å²) < 4.78 is 31.9. The first-order chi connectivity index (χ1) is 13.8. The van der Waals surface area contributed by atoms with Crippen LogP contribution in [0, 0.1) is 0 Å². The molecule has 0 saturated heterocycles. The van der Waals surface area contributed by atoms with E-state index in [1.807, 2.05) is 0 Å². The molecule has 3 aromatic rings. The Balaban J connectivity index is 1.83. The van der Waals surface area contributed by atoms with E-state index in [0.717, 1.165) is 4.31 Å². The first kappa shape index (κ1) is 20.6. The molecule has 0 saturated carbocycles. The third-order valence-electron chi connectivity index (χ3n) is 4.20. The molecule has 0 aliphatic heterocycles. The summed E-state index contributed by atoms with van der Waals surface area (Å²) in [6.07, 6.45) is 3.10. The molecule has 1 heterocycles. The Labute approximate surface area is 174 Å². The Morgan fingerprint density at radius 2 is 1.86 bits per heavy atom. The molecule has 0 aliphatic rings. The van der Waals surface area contributed by atoms with Gasteiger partial charge in [-0.15, -0.1) is 0 Å². The van der Waals surface area contributed by atoms with Gasteiger partial charge in [0, 0.05) is 13.2 Å². The number of hydrogen-bond donors (Lipinski definition) is 1. The van der Waals surface area contributed by atoms with Crippen LogP contribution in [0.15, 0.2) is 71.9 Å². The number of benzene rings is 2. The molecule has 0 unspecified atom stereocenters. The Kier molecular flexibility index (Phi) is 6.05. The van der Waals surface area contributed by atoms with Crippen LogP contribution in [-0.4, -0.2) is 33.5 Å². The number of halogens is 1. The molecule has 7 nitrogen and oxygen atoms in total. The molecule has 0 atom stereocenters. The highest BCUT2D eigenvalue weighted by Gasteiger charge is 2.22. The number of aromatic nitrogens is 1. The average molecular weight is 432 g/mol. The fourth-order valence-electron chi connectivity index (χ4n) is 2.56. The molecule has 0 radical (unpaired) electrons.